The lowest BCUT2D eigenvalue weighted by atomic mass is 10.0. The van der Waals surface area contributed by atoms with E-state index in [0.29, 0.717) is 23.6 Å². The van der Waals surface area contributed by atoms with Gasteiger partial charge in [0.2, 0.25) is 0 Å². The summed E-state index contributed by atoms with van der Waals surface area (Å²) in [5.41, 5.74) is 1.49. The van der Waals surface area contributed by atoms with Crippen molar-refractivity contribution in [3.63, 3.8) is 0 Å². The Balaban J connectivity index is 1.41. The number of alkyl carbamates (subject to hydrolysis) is 1. The van der Waals surface area contributed by atoms with Gasteiger partial charge in [0.15, 0.2) is 0 Å². The van der Waals surface area contributed by atoms with Crippen LogP contribution in [-0.2, 0) is 4.74 Å². The molecule has 3 aromatic carbocycles. The number of thioether (sulfide) groups is 1. The first-order valence-corrected chi connectivity index (χ1v) is 12.0. The molecule has 0 aliphatic heterocycles. The molecular formula is C27H26N2O4S. The zero-order chi connectivity index (χ0) is 24.1. The molecule has 0 aliphatic carbocycles. The van der Waals surface area contributed by atoms with Crippen LogP contribution >= 0.6 is 11.8 Å². The number of fused-ring (bicyclic) bond motifs is 2. The van der Waals surface area contributed by atoms with Crippen LogP contribution in [0.5, 0.6) is 5.75 Å². The van der Waals surface area contributed by atoms with Crippen LogP contribution in [0.4, 0.5) is 4.79 Å². The van der Waals surface area contributed by atoms with E-state index in [1.54, 1.807) is 23.9 Å². The first-order valence-electron chi connectivity index (χ1n) is 11.0. The van der Waals surface area contributed by atoms with E-state index in [1.165, 1.54) is 0 Å². The van der Waals surface area contributed by atoms with Crippen LogP contribution in [0.15, 0.2) is 77.7 Å². The lowest BCUT2D eigenvalue weighted by Gasteiger charge is -2.19. The molecule has 0 atom stereocenters. The Morgan fingerprint density at radius 1 is 0.882 bits per heavy atom. The van der Waals surface area contributed by atoms with E-state index in [-0.39, 0.29) is 0 Å². The molecule has 1 amide bonds. The van der Waals surface area contributed by atoms with Gasteiger partial charge in [-0.3, -0.25) is 0 Å². The molecule has 0 aliphatic rings. The Kier molecular flexibility index (Phi) is 7.03. The summed E-state index contributed by atoms with van der Waals surface area (Å²) in [4.78, 5) is 30.6. The van der Waals surface area contributed by atoms with Crippen molar-refractivity contribution in [2.75, 3.05) is 12.3 Å². The third-order valence-corrected chi connectivity index (χ3v) is 5.88. The largest absolute Gasteiger partial charge is 0.444 e. The number of benzene rings is 3. The Hall–Kier alpha value is -3.58. The maximum absolute atomic E-state index is 13.2. The normalized spacial score (nSPS) is 11.4. The highest BCUT2D eigenvalue weighted by Crippen LogP contribution is 2.28. The van der Waals surface area contributed by atoms with E-state index < -0.39 is 17.7 Å². The van der Waals surface area contributed by atoms with E-state index in [2.05, 4.69) is 10.3 Å². The second-order valence-corrected chi connectivity index (χ2v) is 9.83. The minimum absolute atomic E-state index is 0.420. The van der Waals surface area contributed by atoms with Crippen LogP contribution in [0.1, 0.15) is 31.1 Å². The van der Waals surface area contributed by atoms with Crippen LogP contribution < -0.4 is 10.1 Å². The van der Waals surface area contributed by atoms with Crippen molar-refractivity contribution in [2.45, 2.75) is 31.3 Å². The number of pyridine rings is 1. The van der Waals surface area contributed by atoms with Gasteiger partial charge in [-0.05, 0) is 57.2 Å². The van der Waals surface area contributed by atoms with Crippen LogP contribution in [-0.4, -0.2) is 34.9 Å². The standard InChI is InChI=1S/C27H26N2O4S/c1-27(2,3)33-26(31)28-16-17-34-19-14-12-18(13-15-19)32-25(30)24-20-8-4-6-10-22(20)29-23-11-7-5-9-21(23)24/h4-15H,16-17H2,1-3H3,(H,28,31). The summed E-state index contributed by atoms with van der Waals surface area (Å²) in [5, 5.41) is 4.26. The van der Waals surface area contributed by atoms with Crippen LogP contribution in [0.25, 0.3) is 21.8 Å². The first kappa shape index (κ1) is 23.6. The molecule has 1 heterocycles. The van der Waals surface area contributed by atoms with Gasteiger partial charge in [-0.1, -0.05) is 36.4 Å². The van der Waals surface area contributed by atoms with Crippen LogP contribution in [0.2, 0.25) is 0 Å². The van der Waals surface area contributed by atoms with Crippen molar-refractivity contribution >= 4 is 45.6 Å². The van der Waals surface area contributed by atoms with Gasteiger partial charge in [0.05, 0.1) is 16.6 Å². The molecular weight excluding hydrogens is 448 g/mol. The maximum atomic E-state index is 13.2. The number of nitrogens with zero attached hydrogens (tertiary/aromatic N) is 1. The number of hydrogen-bond donors (Lipinski definition) is 1. The van der Waals surface area contributed by atoms with Gasteiger partial charge < -0.3 is 14.8 Å². The van der Waals surface area contributed by atoms with Gasteiger partial charge in [-0.15, -0.1) is 11.8 Å². The molecule has 34 heavy (non-hydrogen) atoms. The Morgan fingerprint density at radius 2 is 1.47 bits per heavy atom. The minimum atomic E-state index is -0.515. The van der Waals surface area contributed by atoms with Gasteiger partial charge >= 0.3 is 12.1 Å². The molecule has 1 aromatic heterocycles. The highest BCUT2D eigenvalue weighted by atomic mass is 32.2. The minimum Gasteiger partial charge on any atom is -0.444 e. The van der Waals surface area contributed by atoms with E-state index >= 15 is 0 Å². The number of para-hydroxylation sites is 2. The molecule has 0 spiro atoms. The number of carbonyl (C=O) groups is 2. The number of nitrogens with one attached hydrogen (secondary N) is 1. The molecule has 4 aromatic rings. The number of amides is 1. The van der Waals surface area contributed by atoms with Gasteiger partial charge in [-0.25, -0.2) is 14.6 Å². The zero-order valence-corrected chi connectivity index (χ0v) is 20.1. The topological polar surface area (TPSA) is 77.5 Å². The molecule has 0 fully saturated rings. The molecule has 0 bridgehead atoms. The smallest absolute Gasteiger partial charge is 0.407 e. The van der Waals surface area contributed by atoms with Gasteiger partial charge in [-0.2, -0.15) is 0 Å². The molecule has 0 saturated heterocycles. The summed E-state index contributed by atoms with van der Waals surface area (Å²) in [6, 6.07) is 22.5. The lowest BCUT2D eigenvalue weighted by molar-refractivity contribution is 0.0531. The van der Waals surface area contributed by atoms with Crippen molar-refractivity contribution in [1.29, 1.82) is 0 Å². The monoisotopic (exact) mass is 474 g/mol. The van der Waals surface area contributed by atoms with Gasteiger partial charge in [0, 0.05) is 28.0 Å². The van der Waals surface area contributed by atoms with E-state index in [1.807, 2.05) is 81.4 Å². The number of rotatable bonds is 6. The van der Waals surface area contributed by atoms with Crippen molar-refractivity contribution < 1.29 is 19.1 Å². The van der Waals surface area contributed by atoms with E-state index in [0.717, 1.165) is 26.7 Å². The van der Waals surface area contributed by atoms with Crippen LogP contribution in [0.3, 0.4) is 0 Å². The van der Waals surface area contributed by atoms with Crippen molar-refractivity contribution in [1.82, 2.24) is 10.3 Å². The fraction of sp³-hybridized carbons (Fsp3) is 0.222. The third kappa shape index (κ3) is 5.85. The Bertz CT molecular complexity index is 1280. The predicted molar refractivity (Wildman–Crippen MR) is 136 cm³/mol. The van der Waals surface area contributed by atoms with Gasteiger partial charge in [0.1, 0.15) is 11.4 Å². The van der Waals surface area contributed by atoms with Crippen molar-refractivity contribution in [2.24, 2.45) is 0 Å². The summed E-state index contributed by atoms with van der Waals surface area (Å²) < 4.78 is 10.9. The second kappa shape index (κ2) is 10.1. The van der Waals surface area contributed by atoms with Crippen LogP contribution in [0, 0.1) is 0 Å². The molecule has 1 N–H and O–H groups in total. The van der Waals surface area contributed by atoms with E-state index in [9.17, 15) is 9.59 Å². The fourth-order valence-corrected chi connectivity index (χ4v) is 4.23. The third-order valence-electron chi connectivity index (χ3n) is 4.87. The number of ether oxygens (including phenoxy) is 2. The number of aromatic nitrogens is 1. The quantitative estimate of drug-likeness (QED) is 0.117. The Labute approximate surface area is 202 Å². The van der Waals surface area contributed by atoms with Crippen molar-refractivity contribution in [3.05, 3.63) is 78.4 Å². The highest BCUT2D eigenvalue weighted by Gasteiger charge is 2.18. The summed E-state index contributed by atoms with van der Waals surface area (Å²) in [7, 11) is 0. The number of esters is 1. The summed E-state index contributed by atoms with van der Waals surface area (Å²) in [6.45, 7) is 5.97. The lowest BCUT2D eigenvalue weighted by Crippen LogP contribution is -2.33. The molecule has 0 radical (unpaired) electrons. The number of carbonyl (C=O) groups excluding carboxylic acids is 2. The zero-order valence-electron chi connectivity index (χ0n) is 19.3. The predicted octanol–water partition coefficient (Wildman–Crippen LogP) is 6.22. The van der Waals surface area contributed by atoms with Crippen molar-refractivity contribution in [3.8, 4) is 5.75 Å². The van der Waals surface area contributed by atoms with Gasteiger partial charge in [0.25, 0.3) is 0 Å². The number of hydrogen-bond acceptors (Lipinski definition) is 6. The summed E-state index contributed by atoms with van der Waals surface area (Å²) in [5.74, 6) is 0.732. The maximum Gasteiger partial charge on any atom is 0.407 e. The molecule has 0 unspecified atom stereocenters. The molecule has 0 saturated carbocycles. The molecule has 4 rings (SSSR count). The molecule has 7 heteroatoms. The molecule has 6 nitrogen and oxygen atoms in total. The average molecular weight is 475 g/mol. The fourth-order valence-electron chi connectivity index (χ4n) is 3.46. The van der Waals surface area contributed by atoms with E-state index in [4.69, 9.17) is 9.47 Å². The summed E-state index contributed by atoms with van der Waals surface area (Å²) in [6.07, 6.45) is -0.425. The summed E-state index contributed by atoms with van der Waals surface area (Å²) >= 11 is 1.59. The average Bonchev–Trinajstić information content (AvgIpc) is 2.80. The molecule has 174 valence electrons. The first-order chi connectivity index (χ1) is 16.3. The second-order valence-electron chi connectivity index (χ2n) is 8.66. The SMILES string of the molecule is CC(C)(C)OC(=O)NCCSc1ccc(OC(=O)c2c3ccccc3nc3ccccc23)cc1. The highest BCUT2D eigenvalue weighted by molar-refractivity contribution is 7.99. The Morgan fingerprint density at radius 3 is 2.06 bits per heavy atom.